The van der Waals surface area contributed by atoms with Gasteiger partial charge in [0.25, 0.3) is 5.91 Å². The number of carbonyl (C=O) groups is 2. The Hall–Kier alpha value is -1.59. The van der Waals surface area contributed by atoms with Crippen LogP contribution in [-0.4, -0.2) is 61.4 Å². The number of hydrogen-bond donors (Lipinski definition) is 1. The molecule has 5 nitrogen and oxygen atoms in total. The predicted octanol–water partition coefficient (Wildman–Crippen LogP) is 0.921. The molecule has 21 heavy (non-hydrogen) atoms. The van der Waals surface area contributed by atoms with Gasteiger partial charge in [-0.05, 0) is 19.1 Å². The van der Waals surface area contributed by atoms with Crippen LogP contribution in [0.5, 0.6) is 0 Å². The van der Waals surface area contributed by atoms with Crippen LogP contribution in [0.4, 0.5) is 0 Å². The first-order chi connectivity index (χ1) is 9.58. The first kappa shape index (κ1) is 17.5. The highest BCUT2D eigenvalue weighted by molar-refractivity contribution is 5.96. The fourth-order valence-electron chi connectivity index (χ4n) is 2.29. The highest BCUT2D eigenvalue weighted by atomic mass is 35.5. The predicted molar refractivity (Wildman–Crippen MR) is 84.8 cm³/mol. The lowest BCUT2D eigenvalue weighted by atomic mass is 10.1. The Morgan fingerprint density at radius 2 is 1.95 bits per heavy atom. The maximum atomic E-state index is 12.3. The molecule has 0 atom stereocenters. The van der Waals surface area contributed by atoms with Crippen LogP contribution in [0.2, 0.25) is 0 Å². The molecule has 2 rings (SSSR count). The van der Waals surface area contributed by atoms with Crippen molar-refractivity contribution in [1.82, 2.24) is 15.1 Å². The third-order valence-electron chi connectivity index (χ3n) is 3.45. The summed E-state index contributed by atoms with van der Waals surface area (Å²) in [5, 5.41) is 3.20. The van der Waals surface area contributed by atoms with Gasteiger partial charge >= 0.3 is 0 Å². The lowest BCUT2D eigenvalue weighted by Crippen LogP contribution is -2.49. The Labute approximate surface area is 131 Å². The van der Waals surface area contributed by atoms with Crippen LogP contribution in [0.25, 0.3) is 0 Å². The Balaban J connectivity index is 0.00000220. The minimum absolute atomic E-state index is 0. The Morgan fingerprint density at radius 1 is 1.29 bits per heavy atom. The fraction of sp³-hybridized carbons (Fsp3) is 0.467. The molecule has 0 radical (unpaired) electrons. The SMILES string of the molecule is Cc1cccc(C(=O)N(C)CC(=O)N2CCNCC2)c1.Cl. The van der Waals surface area contributed by atoms with Gasteiger partial charge in [0.05, 0.1) is 6.54 Å². The summed E-state index contributed by atoms with van der Waals surface area (Å²) in [5.41, 5.74) is 1.67. The second-order valence-electron chi connectivity index (χ2n) is 5.16. The van der Waals surface area contributed by atoms with E-state index in [1.807, 2.05) is 25.1 Å². The van der Waals surface area contributed by atoms with Gasteiger partial charge in [-0.2, -0.15) is 0 Å². The zero-order valence-electron chi connectivity index (χ0n) is 12.5. The number of likely N-dealkylation sites (N-methyl/N-ethyl adjacent to an activating group) is 1. The number of nitrogens with one attached hydrogen (secondary N) is 1. The number of amides is 2. The summed E-state index contributed by atoms with van der Waals surface area (Å²) >= 11 is 0. The molecule has 0 unspecified atom stereocenters. The molecule has 1 fully saturated rings. The average Bonchev–Trinajstić information content (AvgIpc) is 2.47. The van der Waals surface area contributed by atoms with Crippen LogP contribution in [-0.2, 0) is 4.79 Å². The third-order valence-corrected chi connectivity index (χ3v) is 3.45. The van der Waals surface area contributed by atoms with Crippen LogP contribution >= 0.6 is 12.4 Å². The second kappa shape index (κ2) is 8.00. The molecule has 1 aliphatic heterocycles. The molecule has 0 saturated carbocycles. The van der Waals surface area contributed by atoms with Gasteiger partial charge in [-0.1, -0.05) is 17.7 Å². The van der Waals surface area contributed by atoms with Crippen molar-refractivity contribution in [2.24, 2.45) is 0 Å². The minimum Gasteiger partial charge on any atom is -0.339 e. The van der Waals surface area contributed by atoms with Crippen LogP contribution < -0.4 is 5.32 Å². The maximum absolute atomic E-state index is 12.3. The van der Waals surface area contributed by atoms with E-state index in [9.17, 15) is 9.59 Å². The summed E-state index contributed by atoms with van der Waals surface area (Å²) in [6.07, 6.45) is 0. The first-order valence-corrected chi connectivity index (χ1v) is 6.88. The van der Waals surface area contributed by atoms with Gasteiger partial charge in [0.2, 0.25) is 5.91 Å². The summed E-state index contributed by atoms with van der Waals surface area (Å²) in [6, 6.07) is 7.42. The summed E-state index contributed by atoms with van der Waals surface area (Å²) in [7, 11) is 1.67. The number of aryl methyl sites for hydroxylation is 1. The first-order valence-electron chi connectivity index (χ1n) is 6.88. The van der Waals surface area contributed by atoms with Crippen LogP contribution in [0.1, 0.15) is 15.9 Å². The van der Waals surface area contributed by atoms with Gasteiger partial charge in [-0.3, -0.25) is 9.59 Å². The molecule has 1 aromatic rings. The molecule has 1 aliphatic rings. The molecular formula is C15H22ClN3O2. The van der Waals surface area contributed by atoms with Gasteiger partial charge in [-0.25, -0.2) is 0 Å². The largest absolute Gasteiger partial charge is 0.339 e. The number of piperazine rings is 1. The fourth-order valence-corrected chi connectivity index (χ4v) is 2.29. The maximum Gasteiger partial charge on any atom is 0.254 e. The molecule has 1 aromatic carbocycles. The van der Waals surface area contributed by atoms with E-state index in [1.54, 1.807) is 18.0 Å². The monoisotopic (exact) mass is 311 g/mol. The standard InChI is InChI=1S/C15H21N3O2.ClH/c1-12-4-3-5-13(10-12)15(20)17(2)11-14(19)18-8-6-16-7-9-18;/h3-5,10,16H,6-9,11H2,1-2H3;1H. The van der Waals surface area contributed by atoms with Crippen molar-refractivity contribution in [2.45, 2.75) is 6.92 Å². The summed E-state index contributed by atoms with van der Waals surface area (Å²) in [5.74, 6) is -0.104. The molecule has 0 spiro atoms. The van der Waals surface area contributed by atoms with E-state index in [4.69, 9.17) is 0 Å². The van der Waals surface area contributed by atoms with E-state index >= 15 is 0 Å². The number of hydrogen-bond acceptors (Lipinski definition) is 3. The quantitative estimate of drug-likeness (QED) is 0.903. The highest BCUT2D eigenvalue weighted by Gasteiger charge is 2.20. The van der Waals surface area contributed by atoms with Gasteiger partial charge in [0.15, 0.2) is 0 Å². The molecule has 6 heteroatoms. The average molecular weight is 312 g/mol. The van der Waals surface area contributed by atoms with Crippen LogP contribution in [0, 0.1) is 6.92 Å². The van der Waals surface area contributed by atoms with Crippen molar-refractivity contribution in [3.8, 4) is 0 Å². The van der Waals surface area contributed by atoms with Crippen molar-refractivity contribution in [2.75, 3.05) is 39.8 Å². The molecule has 1 saturated heterocycles. The third kappa shape index (κ3) is 4.72. The number of rotatable bonds is 3. The molecule has 2 amide bonds. The van der Waals surface area contributed by atoms with Gasteiger partial charge in [0, 0.05) is 38.8 Å². The van der Waals surface area contributed by atoms with E-state index in [0.717, 1.165) is 18.7 Å². The van der Waals surface area contributed by atoms with Crippen LogP contribution in [0.3, 0.4) is 0 Å². The van der Waals surface area contributed by atoms with E-state index in [0.29, 0.717) is 18.7 Å². The van der Waals surface area contributed by atoms with Gasteiger partial charge in [-0.15, -0.1) is 12.4 Å². The lowest BCUT2D eigenvalue weighted by molar-refractivity contribution is -0.132. The molecular weight excluding hydrogens is 290 g/mol. The van der Waals surface area contributed by atoms with Crippen molar-refractivity contribution in [3.63, 3.8) is 0 Å². The van der Waals surface area contributed by atoms with E-state index in [-0.39, 0.29) is 30.8 Å². The number of benzene rings is 1. The lowest BCUT2D eigenvalue weighted by Gasteiger charge is -2.29. The Morgan fingerprint density at radius 3 is 2.57 bits per heavy atom. The summed E-state index contributed by atoms with van der Waals surface area (Å²) < 4.78 is 0. The Kier molecular flexibility index (Phi) is 6.65. The molecule has 0 aliphatic carbocycles. The smallest absolute Gasteiger partial charge is 0.254 e. The molecule has 116 valence electrons. The number of nitrogens with zero attached hydrogens (tertiary/aromatic N) is 2. The molecule has 0 aromatic heterocycles. The van der Waals surface area contributed by atoms with Gasteiger partial charge < -0.3 is 15.1 Å². The zero-order chi connectivity index (χ0) is 14.5. The van der Waals surface area contributed by atoms with Crippen molar-refractivity contribution in [1.29, 1.82) is 0 Å². The van der Waals surface area contributed by atoms with E-state index in [2.05, 4.69) is 5.32 Å². The van der Waals surface area contributed by atoms with Crippen molar-refractivity contribution < 1.29 is 9.59 Å². The minimum atomic E-state index is -0.114. The normalized spacial score (nSPS) is 14.3. The van der Waals surface area contributed by atoms with E-state index in [1.165, 1.54) is 4.90 Å². The molecule has 1 N–H and O–H groups in total. The second-order valence-corrected chi connectivity index (χ2v) is 5.16. The van der Waals surface area contributed by atoms with Crippen LogP contribution in [0.15, 0.2) is 24.3 Å². The highest BCUT2D eigenvalue weighted by Crippen LogP contribution is 2.07. The zero-order valence-corrected chi connectivity index (χ0v) is 13.3. The summed E-state index contributed by atoms with van der Waals surface area (Å²) in [4.78, 5) is 27.7. The molecule has 1 heterocycles. The van der Waals surface area contributed by atoms with Gasteiger partial charge in [0.1, 0.15) is 0 Å². The number of halogens is 1. The topological polar surface area (TPSA) is 52.7 Å². The molecule has 0 bridgehead atoms. The number of carbonyl (C=O) groups excluding carboxylic acids is 2. The summed E-state index contributed by atoms with van der Waals surface area (Å²) in [6.45, 7) is 5.15. The Bertz CT molecular complexity index is 501. The van der Waals surface area contributed by atoms with Crippen molar-refractivity contribution >= 4 is 24.2 Å². The van der Waals surface area contributed by atoms with Crippen molar-refractivity contribution in [3.05, 3.63) is 35.4 Å². The van der Waals surface area contributed by atoms with E-state index < -0.39 is 0 Å².